The highest BCUT2D eigenvalue weighted by molar-refractivity contribution is 6.28. The molecule has 3 rings (SSSR count). The number of carbonyl (C=O) groups excluding carboxylic acids is 1. The maximum Gasteiger partial charge on any atom is 0.190 e. The van der Waals surface area contributed by atoms with Gasteiger partial charge in [0.1, 0.15) is 0 Å². The van der Waals surface area contributed by atoms with Gasteiger partial charge >= 0.3 is 0 Å². The summed E-state index contributed by atoms with van der Waals surface area (Å²) in [4.78, 5) is 14.8. The van der Waals surface area contributed by atoms with Crippen LogP contribution in [0.4, 0.5) is 0 Å². The van der Waals surface area contributed by atoms with Gasteiger partial charge in [0.25, 0.3) is 0 Å². The van der Waals surface area contributed by atoms with Gasteiger partial charge in [-0.05, 0) is 23.1 Å². The zero-order chi connectivity index (χ0) is 18.9. The predicted octanol–water partition coefficient (Wildman–Crippen LogP) is 4.52. The molecule has 136 valence electrons. The van der Waals surface area contributed by atoms with Crippen LogP contribution in [0.25, 0.3) is 0 Å². The van der Waals surface area contributed by atoms with E-state index in [0.717, 1.165) is 22.9 Å². The zero-order valence-electron chi connectivity index (χ0n) is 15.3. The van der Waals surface area contributed by atoms with E-state index in [2.05, 4.69) is 29.2 Å². The summed E-state index contributed by atoms with van der Waals surface area (Å²) in [6.07, 6.45) is 1.55. The number of hydrogen-bond acceptors (Lipinski definition) is 3. The van der Waals surface area contributed by atoms with Crippen molar-refractivity contribution >= 4 is 12.0 Å². The van der Waals surface area contributed by atoms with E-state index in [1.165, 1.54) is 0 Å². The van der Waals surface area contributed by atoms with Crippen LogP contribution in [0.3, 0.4) is 0 Å². The highest BCUT2D eigenvalue weighted by Gasteiger charge is 2.25. The standard InChI is InChI=1S/C24H24N2O/c25-17-24(27)23(16-20-10-4-1-5-11-20)26(18-21-12-6-2-7-13-21)19-22-14-8-3-9-15-22/h1-15,17,23,25H,16,18-19H2/t23-/m0/s1. The molecule has 0 radical (unpaired) electrons. The normalized spacial score (nSPS) is 11.9. The molecule has 27 heavy (non-hydrogen) atoms. The molecule has 0 amide bonds. The van der Waals surface area contributed by atoms with E-state index in [4.69, 9.17) is 5.41 Å². The molecule has 3 nitrogen and oxygen atoms in total. The molecule has 0 spiro atoms. The number of rotatable bonds is 9. The van der Waals surface area contributed by atoms with Crippen molar-refractivity contribution in [3.05, 3.63) is 108 Å². The predicted molar refractivity (Wildman–Crippen MR) is 110 cm³/mol. The first-order valence-corrected chi connectivity index (χ1v) is 9.16. The molecule has 0 saturated carbocycles. The molecule has 0 bridgehead atoms. The van der Waals surface area contributed by atoms with E-state index < -0.39 is 0 Å². The average Bonchev–Trinajstić information content (AvgIpc) is 2.73. The number of nitrogens with zero attached hydrogens (tertiary/aromatic N) is 1. The van der Waals surface area contributed by atoms with E-state index in [1.807, 2.05) is 66.7 Å². The summed E-state index contributed by atoms with van der Waals surface area (Å²) in [6.45, 7) is 1.32. The summed E-state index contributed by atoms with van der Waals surface area (Å²) in [5.41, 5.74) is 3.41. The quantitative estimate of drug-likeness (QED) is 0.573. The van der Waals surface area contributed by atoms with E-state index in [-0.39, 0.29) is 11.8 Å². The molecule has 0 saturated heterocycles. The van der Waals surface area contributed by atoms with Gasteiger partial charge in [-0.15, -0.1) is 0 Å². The molecule has 3 aromatic carbocycles. The van der Waals surface area contributed by atoms with Gasteiger partial charge in [0, 0.05) is 13.1 Å². The zero-order valence-corrected chi connectivity index (χ0v) is 15.3. The SMILES string of the molecule is N=CC(=O)[C@H](Cc1ccccc1)N(Cc1ccccc1)Cc1ccccc1. The second-order valence-electron chi connectivity index (χ2n) is 6.63. The lowest BCUT2D eigenvalue weighted by molar-refractivity contribution is -0.118. The van der Waals surface area contributed by atoms with Gasteiger partial charge in [0.15, 0.2) is 5.78 Å². The Bertz CT molecular complexity index is 806. The van der Waals surface area contributed by atoms with Gasteiger partial charge in [-0.1, -0.05) is 91.0 Å². The number of carbonyl (C=O) groups is 1. The van der Waals surface area contributed by atoms with Crippen LogP contribution in [0, 0.1) is 5.41 Å². The largest absolute Gasteiger partial charge is 0.305 e. The first-order valence-electron chi connectivity index (χ1n) is 9.16. The van der Waals surface area contributed by atoms with E-state index in [9.17, 15) is 4.79 Å². The summed E-state index contributed by atoms with van der Waals surface area (Å²) >= 11 is 0. The number of hydrogen-bond donors (Lipinski definition) is 1. The number of ketones is 1. The fourth-order valence-electron chi connectivity index (χ4n) is 3.26. The van der Waals surface area contributed by atoms with E-state index in [1.54, 1.807) is 0 Å². The minimum absolute atomic E-state index is 0.161. The van der Waals surface area contributed by atoms with Crippen LogP contribution in [-0.2, 0) is 24.3 Å². The van der Waals surface area contributed by atoms with Gasteiger partial charge in [-0.25, -0.2) is 0 Å². The van der Waals surface area contributed by atoms with Crippen LogP contribution in [0.1, 0.15) is 16.7 Å². The molecular formula is C24H24N2O. The summed E-state index contributed by atoms with van der Waals surface area (Å²) in [6, 6.07) is 30.0. The fraction of sp³-hybridized carbons (Fsp3) is 0.167. The summed E-state index contributed by atoms with van der Waals surface area (Å²) < 4.78 is 0. The van der Waals surface area contributed by atoms with Crippen molar-refractivity contribution in [3.63, 3.8) is 0 Å². The smallest absolute Gasteiger partial charge is 0.190 e. The molecule has 1 N–H and O–H groups in total. The first kappa shape index (κ1) is 18.7. The van der Waals surface area contributed by atoms with Crippen molar-refractivity contribution in [1.82, 2.24) is 4.90 Å². The molecular weight excluding hydrogens is 332 g/mol. The molecule has 3 aromatic rings. The summed E-state index contributed by atoms with van der Waals surface area (Å²) in [7, 11) is 0. The van der Waals surface area contributed by atoms with Crippen molar-refractivity contribution in [2.24, 2.45) is 0 Å². The minimum Gasteiger partial charge on any atom is -0.305 e. The Balaban J connectivity index is 1.90. The Hall–Kier alpha value is -3.04. The van der Waals surface area contributed by atoms with Crippen LogP contribution >= 0.6 is 0 Å². The molecule has 0 aliphatic rings. The Morgan fingerprint density at radius 3 is 1.56 bits per heavy atom. The van der Waals surface area contributed by atoms with Crippen LogP contribution in [0.5, 0.6) is 0 Å². The first-order chi connectivity index (χ1) is 13.3. The van der Waals surface area contributed by atoms with Gasteiger partial charge in [-0.2, -0.15) is 0 Å². The van der Waals surface area contributed by atoms with Gasteiger partial charge in [-0.3, -0.25) is 9.69 Å². The third kappa shape index (κ3) is 5.47. The molecule has 0 aliphatic heterocycles. The lowest BCUT2D eigenvalue weighted by atomic mass is 9.99. The number of nitrogens with one attached hydrogen (secondary N) is 1. The molecule has 0 heterocycles. The monoisotopic (exact) mass is 356 g/mol. The molecule has 0 aliphatic carbocycles. The highest BCUT2D eigenvalue weighted by atomic mass is 16.1. The molecule has 1 atom stereocenters. The topological polar surface area (TPSA) is 44.2 Å². The Morgan fingerprint density at radius 2 is 1.15 bits per heavy atom. The van der Waals surface area contributed by atoms with Crippen molar-refractivity contribution in [3.8, 4) is 0 Å². The Morgan fingerprint density at radius 1 is 0.741 bits per heavy atom. The van der Waals surface area contributed by atoms with Crippen LogP contribution in [0.15, 0.2) is 91.0 Å². The summed E-state index contributed by atoms with van der Waals surface area (Å²) in [5, 5.41) is 7.56. The lowest BCUT2D eigenvalue weighted by Crippen LogP contribution is -2.42. The molecule has 3 heteroatoms. The van der Waals surface area contributed by atoms with Crippen LogP contribution < -0.4 is 0 Å². The van der Waals surface area contributed by atoms with Crippen molar-refractivity contribution in [2.45, 2.75) is 25.6 Å². The number of Topliss-reactive ketones (excluding diaryl/α,β-unsaturated/α-hetero) is 1. The maximum atomic E-state index is 12.7. The highest BCUT2D eigenvalue weighted by Crippen LogP contribution is 2.17. The second-order valence-corrected chi connectivity index (χ2v) is 6.63. The lowest BCUT2D eigenvalue weighted by Gasteiger charge is -2.30. The second kappa shape index (κ2) is 9.60. The Kier molecular flexibility index (Phi) is 6.66. The van der Waals surface area contributed by atoms with Gasteiger partial charge in [0.2, 0.25) is 0 Å². The maximum absolute atomic E-state index is 12.7. The molecule has 0 aromatic heterocycles. The van der Waals surface area contributed by atoms with E-state index in [0.29, 0.717) is 19.5 Å². The van der Waals surface area contributed by atoms with Crippen LogP contribution in [0.2, 0.25) is 0 Å². The van der Waals surface area contributed by atoms with Crippen molar-refractivity contribution in [2.75, 3.05) is 0 Å². The third-order valence-corrected chi connectivity index (χ3v) is 4.64. The van der Waals surface area contributed by atoms with Gasteiger partial charge in [0.05, 0.1) is 12.3 Å². The molecule has 0 fully saturated rings. The van der Waals surface area contributed by atoms with E-state index >= 15 is 0 Å². The van der Waals surface area contributed by atoms with Crippen LogP contribution in [-0.4, -0.2) is 22.9 Å². The molecule has 0 unspecified atom stereocenters. The third-order valence-electron chi connectivity index (χ3n) is 4.64. The van der Waals surface area contributed by atoms with Crippen molar-refractivity contribution < 1.29 is 4.79 Å². The number of benzene rings is 3. The van der Waals surface area contributed by atoms with Gasteiger partial charge < -0.3 is 5.41 Å². The van der Waals surface area contributed by atoms with Crippen molar-refractivity contribution in [1.29, 1.82) is 5.41 Å². The average molecular weight is 356 g/mol. The summed E-state index contributed by atoms with van der Waals surface area (Å²) in [5.74, 6) is -0.161. The fourth-order valence-corrected chi connectivity index (χ4v) is 3.26. The Labute approximate surface area is 160 Å². The minimum atomic E-state index is -0.370.